The Kier molecular flexibility index (Phi) is 5.33. The Morgan fingerprint density at radius 1 is 1.22 bits per heavy atom. The highest BCUT2D eigenvalue weighted by Crippen LogP contribution is 2.21. The van der Waals surface area contributed by atoms with E-state index in [1.807, 2.05) is 6.92 Å². The lowest BCUT2D eigenvalue weighted by atomic mass is 10.2. The summed E-state index contributed by atoms with van der Waals surface area (Å²) in [7, 11) is -2.25. The van der Waals surface area contributed by atoms with Crippen molar-refractivity contribution in [2.24, 2.45) is 0 Å². The molecule has 0 aliphatic rings. The summed E-state index contributed by atoms with van der Waals surface area (Å²) >= 11 is 0. The average molecular weight is 333 g/mol. The molecule has 1 aromatic carbocycles. The summed E-state index contributed by atoms with van der Waals surface area (Å²) in [4.78, 5) is 16.1. The van der Waals surface area contributed by atoms with Crippen LogP contribution in [0.1, 0.15) is 23.7 Å². The highest BCUT2D eigenvalue weighted by Gasteiger charge is 2.21. The van der Waals surface area contributed by atoms with E-state index in [0.717, 1.165) is 10.7 Å². The van der Waals surface area contributed by atoms with Gasteiger partial charge < -0.3 is 5.32 Å². The number of aromatic nitrogens is 1. The molecular weight excluding hydrogens is 314 g/mol. The third-order valence-electron chi connectivity index (χ3n) is 3.29. The molecule has 2 aromatic rings. The lowest BCUT2D eigenvalue weighted by Gasteiger charge is -2.19. The molecule has 1 aromatic heterocycles. The predicted molar refractivity (Wildman–Crippen MR) is 88.9 cm³/mol. The number of pyridine rings is 1. The van der Waals surface area contributed by atoms with Crippen LogP contribution in [0.3, 0.4) is 0 Å². The van der Waals surface area contributed by atoms with Gasteiger partial charge in [-0.25, -0.2) is 8.42 Å². The number of amides is 1. The van der Waals surface area contributed by atoms with E-state index < -0.39 is 10.0 Å². The van der Waals surface area contributed by atoms with Crippen molar-refractivity contribution in [1.29, 1.82) is 0 Å². The van der Waals surface area contributed by atoms with Crippen LogP contribution < -0.4 is 9.62 Å². The van der Waals surface area contributed by atoms with Gasteiger partial charge in [0.2, 0.25) is 0 Å². The van der Waals surface area contributed by atoms with Gasteiger partial charge in [-0.1, -0.05) is 25.1 Å². The van der Waals surface area contributed by atoms with Crippen LogP contribution in [0.4, 0.5) is 5.69 Å². The largest absolute Gasteiger partial charge is 0.352 e. The zero-order valence-corrected chi connectivity index (χ0v) is 13.9. The molecule has 0 atom stereocenters. The molecule has 0 aliphatic heterocycles. The third-order valence-corrected chi connectivity index (χ3v) is 5.09. The molecular formula is C16H19N3O3S. The van der Waals surface area contributed by atoms with Crippen molar-refractivity contribution in [3.8, 4) is 0 Å². The number of benzene rings is 1. The maximum absolute atomic E-state index is 12.6. The number of sulfonamides is 1. The van der Waals surface area contributed by atoms with Crippen molar-refractivity contribution in [1.82, 2.24) is 10.3 Å². The van der Waals surface area contributed by atoms with Crippen LogP contribution >= 0.6 is 0 Å². The van der Waals surface area contributed by atoms with E-state index in [-0.39, 0.29) is 10.8 Å². The van der Waals surface area contributed by atoms with Crippen LogP contribution in [0.15, 0.2) is 53.7 Å². The molecule has 0 saturated heterocycles. The first-order valence-corrected chi connectivity index (χ1v) is 8.68. The Morgan fingerprint density at radius 3 is 2.57 bits per heavy atom. The van der Waals surface area contributed by atoms with Crippen LogP contribution in [-0.4, -0.2) is 32.9 Å². The van der Waals surface area contributed by atoms with Gasteiger partial charge in [-0.2, -0.15) is 0 Å². The second kappa shape index (κ2) is 7.23. The molecule has 0 bridgehead atoms. The van der Waals surface area contributed by atoms with Crippen molar-refractivity contribution in [2.45, 2.75) is 18.2 Å². The summed E-state index contributed by atoms with van der Waals surface area (Å²) in [5.74, 6) is -0.272. The second-order valence-corrected chi connectivity index (χ2v) is 6.94. The second-order valence-electron chi connectivity index (χ2n) is 4.97. The molecule has 0 aliphatic carbocycles. The number of nitrogens with zero attached hydrogens (tertiary/aromatic N) is 2. The highest BCUT2D eigenvalue weighted by atomic mass is 32.2. The van der Waals surface area contributed by atoms with Crippen LogP contribution in [0, 0.1) is 0 Å². The molecule has 7 heteroatoms. The number of carbonyl (C=O) groups is 1. The standard InChI is InChI=1S/C16H19N3O3S/c1-3-9-18-16(20)13-10-14(12-17-11-13)19(2)23(21,22)15-7-5-4-6-8-15/h4-8,10-12H,3,9H2,1-2H3,(H,18,20). The first-order chi connectivity index (χ1) is 11.0. The zero-order valence-electron chi connectivity index (χ0n) is 13.1. The maximum Gasteiger partial charge on any atom is 0.264 e. The Bertz CT molecular complexity index is 776. The number of nitrogens with one attached hydrogen (secondary N) is 1. The molecule has 23 heavy (non-hydrogen) atoms. The summed E-state index contributed by atoms with van der Waals surface area (Å²) in [5.41, 5.74) is 0.657. The number of anilines is 1. The molecule has 2 rings (SSSR count). The van der Waals surface area contributed by atoms with Gasteiger partial charge in [0, 0.05) is 19.8 Å². The molecule has 0 spiro atoms. The number of rotatable bonds is 6. The fraction of sp³-hybridized carbons (Fsp3) is 0.250. The van der Waals surface area contributed by atoms with Crippen molar-refractivity contribution >= 4 is 21.6 Å². The molecule has 6 nitrogen and oxygen atoms in total. The van der Waals surface area contributed by atoms with Gasteiger partial charge in [-0.05, 0) is 24.6 Å². The molecule has 1 amide bonds. The van der Waals surface area contributed by atoms with Gasteiger partial charge in [0.1, 0.15) is 0 Å². The Labute approximate surface area is 136 Å². The average Bonchev–Trinajstić information content (AvgIpc) is 2.59. The fourth-order valence-electron chi connectivity index (χ4n) is 1.95. The highest BCUT2D eigenvalue weighted by molar-refractivity contribution is 7.92. The van der Waals surface area contributed by atoms with Gasteiger partial charge in [0.15, 0.2) is 0 Å². The van der Waals surface area contributed by atoms with Crippen molar-refractivity contribution in [3.05, 3.63) is 54.4 Å². The van der Waals surface area contributed by atoms with Gasteiger partial charge >= 0.3 is 0 Å². The first-order valence-electron chi connectivity index (χ1n) is 7.24. The van der Waals surface area contributed by atoms with E-state index in [1.165, 1.54) is 37.6 Å². The maximum atomic E-state index is 12.6. The van der Waals surface area contributed by atoms with E-state index in [9.17, 15) is 13.2 Å². The minimum atomic E-state index is -3.69. The van der Waals surface area contributed by atoms with Crippen LogP contribution in [0.25, 0.3) is 0 Å². The van der Waals surface area contributed by atoms with E-state index in [4.69, 9.17) is 0 Å². The van der Waals surface area contributed by atoms with Crippen LogP contribution in [0.2, 0.25) is 0 Å². The van der Waals surface area contributed by atoms with Gasteiger partial charge in [0.05, 0.1) is 22.3 Å². The molecule has 0 radical (unpaired) electrons. The summed E-state index contributed by atoms with van der Waals surface area (Å²) in [5, 5.41) is 2.74. The minimum absolute atomic E-state index is 0.184. The van der Waals surface area contributed by atoms with Gasteiger partial charge in [-0.3, -0.25) is 14.1 Å². The van der Waals surface area contributed by atoms with Crippen molar-refractivity contribution in [2.75, 3.05) is 17.9 Å². The Morgan fingerprint density at radius 2 is 1.91 bits per heavy atom. The van der Waals surface area contributed by atoms with Crippen molar-refractivity contribution in [3.63, 3.8) is 0 Å². The summed E-state index contributed by atoms with van der Waals surface area (Å²) in [6, 6.07) is 9.63. The van der Waals surface area contributed by atoms with E-state index in [0.29, 0.717) is 17.8 Å². The van der Waals surface area contributed by atoms with Crippen LogP contribution in [0.5, 0.6) is 0 Å². The summed E-state index contributed by atoms with van der Waals surface area (Å²) in [6.45, 7) is 2.51. The number of carbonyl (C=O) groups excluding carboxylic acids is 1. The van der Waals surface area contributed by atoms with E-state index in [2.05, 4.69) is 10.3 Å². The SMILES string of the molecule is CCCNC(=O)c1cncc(N(C)S(=O)(=O)c2ccccc2)c1. The fourth-order valence-corrected chi connectivity index (χ4v) is 3.15. The molecule has 0 saturated carbocycles. The molecule has 0 unspecified atom stereocenters. The third kappa shape index (κ3) is 3.87. The predicted octanol–water partition coefficient (Wildman–Crippen LogP) is 2.05. The van der Waals surface area contributed by atoms with E-state index in [1.54, 1.807) is 18.2 Å². The molecule has 1 heterocycles. The number of hydrogen-bond acceptors (Lipinski definition) is 4. The lowest BCUT2D eigenvalue weighted by molar-refractivity contribution is 0.0953. The Balaban J connectivity index is 2.30. The zero-order chi connectivity index (χ0) is 16.9. The smallest absolute Gasteiger partial charge is 0.264 e. The summed E-state index contributed by atoms with van der Waals surface area (Å²) in [6.07, 6.45) is 3.65. The first kappa shape index (κ1) is 17.0. The molecule has 122 valence electrons. The summed E-state index contributed by atoms with van der Waals surface area (Å²) < 4.78 is 26.3. The van der Waals surface area contributed by atoms with E-state index >= 15 is 0 Å². The topological polar surface area (TPSA) is 79.4 Å². The van der Waals surface area contributed by atoms with Crippen LogP contribution in [-0.2, 0) is 10.0 Å². The minimum Gasteiger partial charge on any atom is -0.352 e. The monoisotopic (exact) mass is 333 g/mol. The lowest BCUT2D eigenvalue weighted by Crippen LogP contribution is -2.28. The number of hydrogen-bond donors (Lipinski definition) is 1. The molecule has 0 fully saturated rings. The molecule has 1 N–H and O–H groups in total. The Hall–Kier alpha value is -2.41. The normalized spacial score (nSPS) is 11.0. The quantitative estimate of drug-likeness (QED) is 0.877. The van der Waals surface area contributed by atoms with Gasteiger partial charge in [0.25, 0.3) is 15.9 Å². The van der Waals surface area contributed by atoms with Gasteiger partial charge in [-0.15, -0.1) is 0 Å². The van der Waals surface area contributed by atoms with Crippen molar-refractivity contribution < 1.29 is 13.2 Å².